The topological polar surface area (TPSA) is 61.6 Å². The summed E-state index contributed by atoms with van der Waals surface area (Å²) in [6.07, 6.45) is 6.64. The zero-order chi connectivity index (χ0) is 24.9. The maximum atomic E-state index is 13.8. The van der Waals surface area contributed by atoms with Crippen LogP contribution in [0.25, 0.3) is 22.2 Å². The van der Waals surface area contributed by atoms with E-state index in [1.165, 1.54) is 44.2 Å². The predicted octanol–water partition coefficient (Wildman–Crippen LogP) is 6.38. The van der Waals surface area contributed by atoms with Crippen LogP contribution < -0.4 is 10.2 Å². The summed E-state index contributed by atoms with van der Waals surface area (Å²) in [6, 6.07) is 16.4. The average Bonchev–Trinajstić information content (AvgIpc) is 3.39. The number of rotatable bonds is 4. The standard InChI is InChI=1S/C30H29FN4O2/c31-19-10-12-20(13-11-19)32-24-18-25(35-16-14-34(15-17-35)21-6-2-1-3-7-21)28-27-26(24)29(36)22-8-4-5-9-23(22)30(27)37-33-28/h4-5,8-13,18,21,32H,1-3,6-7,14-17H2. The highest BCUT2D eigenvalue weighted by atomic mass is 19.1. The molecule has 1 aromatic heterocycles. The number of fused-ring (bicyclic) bond motifs is 2. The quantitative estimate of drug-likeness (QED) is 0.312. The van der Waals surface area contributed by atoms with E-state index in [1.807, 2.05) is 30.3 Å². The van der Waals surface area contributed by atoms with Crippen molar-refractivity contribution in [3.05, 3.63) is 71.5 Å². The lowest BCUT2D eigenvalue weighted by Crippen LogP contribution is -2.51. The van der Waals surface area contributed by atoms with Gasteiger partial charge in [-0.25, -0.2) is 4.39 Å². The third-order valence-electron chi connectivity index (χ3n) is 8.25. The Bertz CT molecular complexity index is 1480. The number of halogens is 1. The number of hydrogen-bond donors (Lipinski definition) is 1. The fourth-order valence-corrected chi connectivity index (χ4v) is 6.34. The van der Waals surface area contributed by atoms with E-state index in [4.69, 9.17) is 4.52 Å². The summed E-state index contributed by atoms with van der Waals surface area (Å²) in [5.41, 5.74) is 5.03. The van der Waals surface area contributed by atoms with Crippen LogP contribution in [0.3, 0.4) is 0 Å². The molecule has 0 amide bonds. The molecular weight excluding hydrogens is 467 g/mol. The molecule has 1 saturated carbocycles. The third-order valence-corrected chi connectivity index (χ3v) is 8.25. The second-order valence-electron chi connectivity index (χ2n) is 10.4. The molecule has 1 N–H and O–H groups in total. The highest BCUT2D eigenvalue weighted by molar-refractivity contribution is 6.28. The van der Waals surface area contributed by atoms with Crippen molar-refractivity contribution in [3.63, 3.8) is 0 Å². The Morgan fingerprint density at radius 3 is 2.41 bits per heavy atom. The number of benzene rings is 3. The highest BCUT2D eigenvalue weighted by Crippen LogP contribution is 2.46. The summed E-state index contributed by atoms with van der Waals surface area (Å²) < 4.78 is 19.5. The molecule has 1 aliphatic heterocycles. The number of hydrogen-bond acceptors (Lipinski definition) is 6. The van der Waals surface area contributed by atoms with E-state index >= 15 is 0 Å². The van der Waals surface area contributed by atoms with Gasteiger partial charge in [-0.3, -0.25) is 9.69 Å². The second kappa shape index (κ2) is 8.99. The Labute approximate surface area is 215 Å². The van der Waals surface area contributed by atoms with Gasteiger partial charge in [0.25, 0.3) is 0 Å². The van der Waals surface area contributed by atoms with Crippen LogP contribution >= 0.6 is 0 Å². The molecule has 0 unspecified atom stereocenters. The molecule has 7 heteroatoms. The summed E-state index contributed by atoms with van der Waals surface area (Å²) in [5, 5.41) is 8.66. The molecule has 37 heavy (non-hydrogen) atoms. The molecule has 3 aliphatic rings. The Morgan fingerprint density at radius 2 is 1.65 bits per heavy atom. The molecule has 1 saturated heterocycles. The number of carbonyl (C=O) groups excluding carboxylic acids is 1. The number of nitrogens with one attached hydrogen (secondary N) is 1. The van der Waals surface area contributed by atoms with Crippen LogP contribution in [0.1, 0.15) is 48.0 Å². The Hall–Kier alpha value is -3.71. The van der Waals surface area contributed by atoms with E-state index in [1.54, 1.807) is 12.1 Å². The zero-order valence-corrected chi connectivity index (χ0v) is 20.7. The maximum Gasteiger partial charge on any atom is 0.196 e. The first-order valence-corrected chi connectivity index (χ1v) is 13.3. The molecular formula is C30H29FN4O2. The van der Waals surface area contributed by atoms with Gasteiger partial charge in [0, 0.05) is 49.0 Å². The minimum absolute atomic E-state index is 0.0606. The zero-order valence-electron chi connectivity index (χ0n) is 20.7. The van der Waals surface area contributed by atoms with Crippen LogP contribution in [0, 0.1) is 5.82 Å². The fourth-order valence-electron chi connectivity index (χ4n) is 6.34. The van der Waals surface area contributed by atoms with Gasteiger partial charge in [-0.2, -0.15) is 0 Å². The smallest absolute Gasteiger partial charge is 0.196 e. The lowest BCUT2D eigenvalue weighted by atomic mass is 9.86. The first kappa shape index (κ1) is 22.5. The van der Waals surface area contributed by atoms with Crippen LogP contribution in [0.15, 0.2) is 59.1 Å². The Kier molecular flexibility index (Phi) is 5.47. The van der Waals surface area contributed by atoms with E-state index in [-0.39, 0.29) is 11.6 Å². The van der Waals surface area contributed by atoms with Gasteiger partial charge in [0.1, 0.15) is 11.3 Å². The van der Waals surface area contributed by atoms with Crippen molar-refractivity contribution in [2.75, 3.05) is 36.4 Å². The minimum atomic E-state index is -0.301. The van der Waals surface area contributed by atoms with Crippen LogP contribution in [-0.4, -0.2) is 48.1 Å². The van der Waals surface area contributed by atoms with Gasteiger partial charge in [-0.15, -0.1) is 0 Å². The van der Waals surface area contributed by atoms with Gasteiger partial charge in [0.05, 0.1) is 22.3 Å². The van der Waals surface area contributed by atoms with Crippen molar-refractivity contribution in [2.45, 2.75) is 38.1 Å². The molecule has 0 spiro atoms. The molecule has 6 nitrogen and oxygen atoms in total. The lowest BCUT2D eigenvalue weighted by molar-refractivity contribution is 0.104. The van der Waals surface area contributed by atoms with E-state index in [0.29, 0.717) is 28.6 Å². The van der Waals surface area contributed by atoms with Crippen molar-refractivity contribution in [1.29, 1.82) is 0 Å². The van der Waals surface area contributed by atoms with Gasteiger partial charge in [-0.1, -0.05) is 48.7 Å². The van der Waals surface area contributed by atoms with Gasteiger partial charge >= 0.3 is 0 Å². The van der Waals surface area contributed by atoms with Crippen LogP contribution in [0.4, 0.5) is 21.5 Å². The molecule has 2 heterocycles. The van der Waals surface area contributed by atoms with Crippen LogP contribution in [-0.2, 0) is 0 Å². The molecule has 0 atom stereocenters. The number of ketones is 1. The van der Waals surface area contributed by atoms with Crippen molar-refractivity contribution in [1.82, 2.24) is 10.1 Å². The first-order chi connectivity index (χ1) is 18.2. The minimum Gasteiger partial charge on any atom is -0.367 e. The number of carbonyl (C=O) groups is 1. The van der Waals surface area contributed by atoms with E-state index in [2.05, 4.69) is 20.3 Å². The third kappa shape index (κ3) is 3.80. The number of aromatic nitrogens is 1. The number of piperazine rings is 1. The summed E-state index contributed by atoms with van der Waals surface area (Å²) in [5.74, 6) is 0.268. The number of anilines is 3. The largest absolute Gasteiger partial charge is 0.367 e. The maximum absolute atomic E-state index is 13.8. The summed E-state index contributed by atoms with van der Waals surface area (Å²) >= 11 is 0. The van der Waals surface area contributed by atoms with Gasteiger partial charge in [-0.05, 0) is 43.2 Å². The fraction of sp³-hybridized carbons (Fsp3) is 0.333. The average molecular weight is 497 g/mol. The summed E-state index contributed by atoms with van der Waals surface area (Å²) in [4.78, 5) is 18.8. The highest BCUT2D eigenvalue weighted by Gasteiger charge is 2.34. The van der Waals surface area contributed by atoms with Gasteiger partial charge in [0.15, 0.2) is 11.5 Å². The van der Waals surface area contributed by atoms with Crippen molar-refractivity contribution < 1.29 is 13.7 Å². The molecule has 3 aromatic carbocycles. The van der Waals surface area contributed by atoms with E-state index in [9.17, 15) is 9.18 Å². The van der Waals surface area contributed by atoms with Crippen LogP contribution in [0.5, 0.6) is 0 Å². The molecule has 188 valence electrons. The normalized spacial score (nSPS) is 18.3. The molecule has 4 aromatic rings. The summed E-state index contributed by atoms with van der Waals surface area (Å²) in [7, 11) is 0. The molecule has 2 aliphatic carbocycles. The Morgan fingerprint density at radius 1 is 0.919 bits per heavy atom. The first-order valence-electron chi connectivity index (χ1n) is 13.3. The second-order valence-corrected chi connectivity index (χ2v) is 10.4. The van der Waals surface area contributed by atoms with Gasteiger partial charge < -0.3 is 14.7 Å². The monoisotopic (exact) mass is 496 g/mol. The predicted molar refractivity (Wildman–Crippen MR) is 143 cm³/mol. The van der Waals surface area contributed by atoms with E-state index < -0.39 is 0 Å². The summed E-state index contributed by atoms with van der Waals surface area (Å²) in [6.45, 7) is 3.82. The van der Waals surface area contributed by atoms with Gasteiger partial charge in [0.2, 0.25) is 0 Å². The molecule has 0 radical (unpaired) electrons. The molecule has 2 fully saturated rings. The number of nitrogens with zero attached hydrogens (tertiary/aromatic N) is 3. The molecule has 0 bridgehead atoms. The Balaban J connectivity index is 1.31. The van der Waals surface area contributed by atoms with Crippen molar-refractivity contribution >= 4 is 33.7 Å². The van der Waals surface area contributed by atoms with Crippen molar-refractivity contribution in [3.8, 4) is 11.3 Å². The molecule has 7 rings (SSSR count). The SMILES string of the molecule is O=C1c2ccccc2-c2onc3c(N4CCN(C5CCCCC5)CC4)cc(Nc4ccc(F)cc4)c1c23. The van der Waals surface area contributed by atoms with E-state index in [0.717, 1.165) is 54.0 Å². The van der Waals surface area contributed by atoms with Crippen LogP contribution in [0.2, 0.25) is 0 Å². The van der Waals surface area contributed by atoms with Crippen molar-refractivity contribution in [2.24, 2.45) is 0 Å². The lowest BCUT2D eigenvalue weighted by Gasteiger charge is -2.41.